The molecule has 0 aliphatic heterocycles. The van der Waals surface area contributed by atoms with E-state index in [1.807, 2.05) is 60.7 Å². The molecule has 0 saturated heterocycles. The molecule has 0 saturated carbocycles. The van der Waals surface area contributed by atoms with Gasteiger partial charge < -0.3 is 9.15 Å². The smallest absolute Gasteiger partial charge is 0.315 e. The Morgan fingerprint density at radius 2 is 1.61 bits per heavy atom. The van der Waals surface area contributed by atoms with Crippen LogP contribution in [0.15, 0.2) is 88.1 Å². The first-order valence-corrected chi connectivity index (χ1v) is 8.99. The first-order valence-electron chi connectivity index (χ1n) is 8.99. The molecule has 138 valence electrons. The third-order valence-corrected chi connectivity index (χ3v) is 4.53. The van der Waals surface area contributed by atoms with Crippen molar-refractivity contribution in [2.75, 3.05) is 0 Å². The van der Waals surface area contributed by atoms with Gasteiger partial charge in [-0.2, -0.15) is 0 Å². The number of carbonyl (C=O) groups is 1. The molecule has 0 atom stereocenters. The van der Waals surface area contributed by atoms with Gasteiger partial charge in [0.05, 0.1) is 17.4 Å². The number of hydrogen-bond acceptors (Lipinski definition) is 4. The lowest BCUT2D eigenvalue weighted by Crippen LogP contribution is -2.12. The molecule has 3 aromatic carbocycles. The molecule has 0 fully saturated rings. The summed E-state index contributed by atoms with van der Waals surface area (Å²) in [6, 6.07) is 23.7. The van der Waals surface area contributed by atoms with E-state index in [-0.39, 0.29) is 17.8 Å². The molecule has 0 radical (unpaired) electrons. The molecular formula is C24H18O4. The fourth-order valence-corrected chi connectivity index (χ4v) is 3.22. The standard InChI is InChI=1S/C24H18O4/c1-16-23(18-10-6-3-7-11-18)24(26)20-13-12-19(15-21(20)27-16)28-22(25)14-17-8-4-2-5-9-17/h2-13,15H,14H2,1H3. The normalized spacial score (nSPS) is 10.8. The van der Waals surface area contributed by atoms with Crippen LogP contribution in [0.5, 0.6) is 5.75 Å². The zero-order valence-corrected chi connectivity index (χ0v) is 15.3. The fraction of sp³-hybridized carbons (Fsp3) is 0.0833. The van der Waals surface area contributed by atoms with Gasteiger partial charge in [-0.1, -0.05) is 60.7 Å². The molecule has 1 aromatic heterocycles. The molecule has 4 rings (SSSR count). The van der Waals surface area contributed by atoms with Crippen LogP contribution in [0.2, 0.25) is 0 Å². The topological polar surface area (TPSA) is 56.5 Å². The number of carbonyl (C=O) groups excluding carboxylic acids is 1. The van der Waals surface area contributed by atoms with Crippen molar-refractivity contribution in [1.82, 2.24) is 0 Å². The highest BCUT2D eigenvalue weighted by Crippen LogP contribution is 2.26. The summed E-state index contributed by atoms with van der Waals surface area (Å²) >= 11 is 0. The Bertz CT molecular complexity index is 1190. The van der Waals surface area contributed by atoms with Gasteiger partial charge in [0.15, 0.2) is 0 Å². The second kappa shape index (κ2) is 7.53. The Labute approximate surface area is 162 Å². The highest BCUT2D eigenvalue weighted by Gasteiger charge is 2.15. The molecule has 0 amide bonds. The average molecular weight is 370 g/mol. The van der Waals surface area contributed by atoms with Crippen LogP contribution in [-0.4, -0.2) is 5.97 Å². The van der Waals surface area contributed by atoms with Gasteiger partial charge in [-0.05, 0) is 30.2 Å². The lowest BCUT2D eigenvalue weighted by molar-refractivity contribution is -0.133. The Morgan fingerprint density at radius 3 is 2.32 bits per heavy atom. The molecule has 0 spiro atoms. The van der Waals surface area contributed by atoms with Crippen LogP contribution in [0.1, 0.15) is 11.3 Å². The van der Waals surface area contributed by atoms with Gasteiger partial charge in [0.25, 0.3) is 0 Å². The number of rotatable bonds is 4. The summed E-state index contributed by atoms with van der Waals surface area (Å²) in [5.41, 5.74) is 2.53. The fourth-order valence-electron chi connectivity index (χ4n) is 3.22. The van der Waals surface area contributed by atoms with E-state index in [1.54, 1.807) is 25.1 Å². The number of aryl methyl sites for hydroxylation is 1. The van der Waals surface area contributed by atoms with Crippen LogP contribution in [0.25, 0.3) is 22.1 Å². The predicted molar refractivity (Wildman–Crippen MR) is 108 cm³/mol. The van der Waals surface area contributed by atoms with E-state index in [0.29, 0.717) is 28.0 Å². The molecular weight excluding hydrogens is 352 g/mol. The van der Waals surface area contributed by atoms with E-state index in [9.17, 15) is 9.59 Å². The van der Waals surface area contributed by atoms with Crippen molar-refractivity contribution in [3.63, 3.8) is 0 Å². The predicted octanol–water partition coefficient (Wildman–Crippen LogP) is 4.92. The molecule has 1 heterocycles. The Balaban J connectivity index is 1.65. The van der Waals surface area contributed by atoms with Crippen molar-refractivity contribution >= 4 is 16.9 Å². The maximum Gasteiger partial charge on any atom is 0.315 e. The number of ether oxygens (including phenoxy) is 1. The maximum absolute atomic E-state index is 13.0. The van der Waals surface area contributed by atoms with Crippen LogP contribution in [0, 0.1) is 6.92 Å². The summed E-state index contributed by atoms with van der Waals surface area (Å²) in [6.07, 6.45) is 0.175. The van der Waals surface area contributed by atoms with Gasteiger partial charge in [-0.15, -0.1) is 0 Å². The van der Waals surface area contributed by atoms with Crippen LogP contribution in [-0.2, 0) is 11.2 Å². The molecule has 4 heteroatoms. The maximum atomic E-state index is 13.0. The Kier molecular flexibility index (Phi) is 4.77. The second-order valence-corrected chi connectivity index (χ2v) is 6.52. The zero-order valence-electron chi connectivity index (χ0n) is 15.3. The van der Waals surface area contributed by atoms with Crippen LogP contribution in [0.4, 0.5) is 0 Å². The minimum absolute atomic E-state index is 0.105. The first-order chi connectivity index (χ1) is 13.6. The largest absolute Gasteiger partial charge is 0.460 e. The molecule has 0 aliphatic rings. The van der Waals surface area contributed by atoms with Crippen molar-refractivity contribution in [3.8, 4) is 16.9 Å². The minimum Gasteiger partial charge on any atom is -0.460 e. The number of esters is 1. The van der Waals surface area contributed by atoms with E-state index >= 15 is 0 Å². The summed E-state index contributed by atoms with van der Waals surface area (Å²) < 4.78 is 11.3. The van der Waals surface area contributed by atoms with Gasteiger partial charge in [0.2, 0.25) is 5.43 Å². The quantitative estimate of drug-likeness (QED) is 0.378. The number of hydrogen-bond donors (Lipinski definition) is 0. The van der Waals surface area contributed by atoms with E-state index < -0.39 is 0 Å². The van der Waals surface area contributed by atoms with Gasteiger partial charge in [0.1, 0.15) is 17.1 Å². The molecule has 0 unspecified atom stereocenters. The zero-order chi connectivity index (χ0) is 19.5. The van der Waals surface area contributed by atoms with Gasteiger partial charge >= 0.3 is 5.97 Å². The summed E-state index contributed by atoms with van der Waals surface area (Å²) in [4.78, 5) is 25.1. The first kappa shape index (κ1) is 17.7. The van der Waals surface area contributed by atoms with Gasteiger partial charge in [0, 0.05) is 6.07 Å². The lowest BCUT2D eigenvalue weighted by Gasteiger charge is -2.09. The molecule has 0 bridgehead atoms. The van der Waals surface area contributed by atoms with Crippen molar-refractivity contribution in [3.05, 3.63) is 100 Å². The van der Waals surface area contributed by atoms with Crippen molar-refractivity contribution in [2.45, 2.75) is 13.3 Å². The highest BCUT2D eigenvalue weighted by molar-refractivity contribution is 5.84. The number of benzene rings is 3. The average Bonchev–Trinajstić information content (AvgIpc) is 2.69. The van der Waals surface area contributed by atoms with E-state index in [1.165, 1.54) is 0 Å². The monoisotopic (exact) mass is 370 g/mol. The van der Waals surface area contributed by atoms with Gasteiger partial charge in [-0.3, -0.25) is 9.59 Å². The second-order valence-electron chi connectivity index (χ2n) is 6.52. The lowest BCUT2D eigenvalue weighted by atomic mass is 10.0. The third-order valence-electron chi connectivity index (χ3n) is 4.53. The van der Waals surface area contributed by atoms with E-state index in [0.717, 1.165) is 11.1 Å². The molecule has 0 N–H and O–H groups in total. The molecule has 0 aliphatic carbocycles. The summed E-state index contributed by atoms with van der Waals surface area (Å²) in [6.45, 7) is 1.76. The van der Waals surface area contributed by atoms with E-state index in [4.69, 9.17) is 9.15 Å². The Morgan fingerprint density at radius 1 is 0.929 bits per heavy atom. The van der Waals surface area contributed by atoms with Crippen molar-refractivity contribution in [2.24, 2.45) is 0 Å². The SMILES string of the molecule is Cc1oc2cc(OC(=O)Cc3ccccc3)ccc2c(=O)c1-c1ccccc1. The minimum atomic E-state index is -0.370. The van der Waals surface area contributed by atoms with Crippen LogP contribution >= 0.6 is 0 Å². The summed E-state index contributed by atoms with van der Waals surface area (Å²) in [5, 5.41) is 0.451. The number of fused-ring (bicyclic) bond motifs is 1. The summed E-state index contributed by atoms with van der Waals surface area (Å²) in [7, 11) is 0. The van der Waals surface area contributed by atoms with Crippen LogP contribution < -0.4 is 10.2 Å². The highest BCUT2D eigenvalue weighted by atomic mass is 16.5. The Hall–Kier alpha value is -3.66. The molecule has 28 heavy (non-hydrogen) atoms. The van der Waals surface area contributed by atoms with Crippen molar-refractivity contribution < 1.29 is 13.9 Å². The van der Waals surface area contributed by atoms with Crippen molar-refractivity contribution in [1.29, 1.82) is 0 Å². The van der Waals surface area contributed by atoms with E-state index in [2.05, 4.69) is 0 Å². The summed E-state index contributed by atoms with van der Waals surface area (Å²) in [5.74, 6) is 0.505. The molecule has 4 aromatic rings. The third kappa shape index (κ3) is 3.58. The van der Waals surface area contributed by atoms with Gasteiger partial charge in [-0.25, -0.2) is 0 Å². The van der Waals surface area contributed by atoms with Crippen LogP contribution in [0.3, 0.4) is 0 Å². The molecule has 4 nitrogen and oxygen atoms in total.